The fourth-order valence-corrected chi connectivity index (χ4v) is 4.04. The molecule has 1 amide bonds. The fraction of sp³-hybridized carbons (Fsp3) is 0.316. The Morgan fingerprint density at radius 2 is 2.00 bits per heavy atom. The molecule has 0 fully saturated rings. The van der Waals surface area contributed by atoms with Crippen molar-refractivity contribution in [1.29, 1.82) is 0 Å². The van der Waals surface area contributed by atoms with Gasteiger partial charge in [0.25, 0.3) is 5.56 Å². The van der Waals surface area contributed by atoms with E-state index in [-0.39, 0.29) is 18.6 Å². The highest BCUT2D eigenvalue weighted by Crippen LogP contribution is 2.27. The molecule has 3 rings (SSSR count). The lowest BCUT2D eigenvalue weighted by atomic mass is 10.3. The van der Waals surface area contributed by atoms with E-state index < -0.39 is 11.6 Å². The van der Waals surface area contributed by atoms with E-state index >= 15 is 0 Å². The second-order valence-corrected chi connectivity index (χ2v) is 7.53. The largest absolute Gasteiger partial charge is 0.495 e. The van der Waals surface area contributed by atoms with Crippen LogP contribution in [0.5, 0.6) is 5.75 Å². The van der Waals surface area contributed by atoms with Gasteiger partial charge in [-0.3, -0.25) is 18.7 Å². The number of ether oxygens (including phenoxy) is 2. The summed E-state index contributed by atoms with van der Waals surface area (Å²) in [6.45, 7) is 0.405. The van der Waals surface area contributed by atoms with Crippen molar-refractivity contribution in [3.63, 3.8) is 0 Å². The fourth-order valence-electron chi connectivity index (χ4n) is 2.94. The first-order valence-electron chi connectivity index (χ1n) is 8.79. The Morgan fingerprint density at radius 3 is 2.69 bits per heavy atom. The molecule has 3 aromatic rings. The van der Waals surface area contributed by atoms with E-state index in [0.717, 1.165) is 4.57 Å². The van der Waals surface area contributed by atoms with Crippen LogP contribution in [-0.2, 0) is 22.6 Å². The molecular formula is C19H20ClN3O5S. The molecule has 0 aliphatic heterocycles. The summed E-state index contributed by atoms with van der Waals surface area (Å²) in [4.78, 5) is 38.1. The van der Waals surface area contributed by atoms with Crippen LogP contribution in [0.4, 0.5) is 5.69 Å². The zero-order chi connectivity index (χ0) is 21.0. The zero-order valence-electron chi connectivity index (χ0n) is 15.9. The Bertz CT molecular complexity index is 1150. The third kappa shape index (κ3) is 4.52. The summed E-state index contributed by atoms with van der Waals surface area (Å²) in [6, 6.07) is 6.52. The molecule has 0 aliphatic carbocycles. The van der Waals surface area contributed by atoms with E-state index in [2.05, 4.69) is 5.32 Å². The van der Waals surface area contributed by atoms with Gasteiger partial charge in [0, 0.05) is 25.9 Å². The second kappa shape index (κ2) is 9.25. The lowest BCUT2D eigenvalue weighted by Crippen LogP contribution is -2.41. The minimum Gasteiger partial charge on any atom is -0.495 e. The monoisotopic (exact) mass is 437 g/mol. The van der Waals surface area contributed by atoms with Crippen molar-refractivity contribution in [2.75, 3.05) is 26.1 Å². The van der Waals surface area contributed by atoms with E-state index in [1.807, 2.05) is 0 Å². The molecule has 2 aromatic heterocycles. The molecular weight excluding hydrogens is 418 g/mol. The lowest BCUT2D eigenvalue weighted by molar-refractivity contribution is -0.116. The van der Waals surface area contributed by atoms with Crippen molar-refractivity contribution in [2.45, 2.75) is 19.5 Å². The first-order valence-corrected chi connectivity index (χ1v) is 10.0. The number of hydrogen-bond donors (Lipinski definition) is 1. The molecule has 1 aromatic carbocycles. The number of nitrogens with one attached hydrogen (secondary N) is 1. The zero-order valence-corrected chi connectivity index (χ0v) is 17.5. The number of amides is 1. The maximum atomic E-state index is 12.9. The predicted octanol–water partition coefficient (Wildman–Crippen LogP) is 2.56. The number of benzene rings is 1. The molecule has 0 spiro atoms. The van der Waals surface area contributed by atoms with E-state index in [1.165, 1.54) is 23.0 Å². The molecule has 10 heteroatoms. The number of methoxy groups -OCH3 is 2. The van der Waals surface area contributed by atoms with Crippen LogP contribution >= 0.6 is 22.9 Å². The molecule has 0 unspecified atom stereocenters. The van der Waals surface area contributed by atoms with Crippen molar-refractivity contribution in [1.82, 2.24) is 9.13 Å². The number of halogens is 1. The quantitative estimate of drug-likeness (QED) is 0.547. The summed E-state index contributed by atoms with van der Waals surface area (Å²) >= 11 is 7.32. The van der Waals surface area contributed by atoms with Gasteiger partial charge in [-0.1, -0.05) is 11.6 Å². The molecule has 2 heterocycles. The number of anilines is 1. The van der Waals surface area contributed by atoms with Gasteiger partial charge in [0.15, 0.2) is 0 Å². The highest BCUT2D eigenvalue weighted by atomic mass is 35.5. The number of nitrogens with zero attached hydrogens (tertiary/aromatic N) is 2. The maximum absolute atomic E-state index is 12.9. The van der Waals surface area contributed by atoms with Crippen LogP contribution in [-0.4, -0.2) is 35.9 Å². The number of aromatic nitrogens is 2. The molecule has 0 atom stereocenters. The number of carbonyl (C=O) groups excluding carboxylic acids is 1. The van der Waals surface area contributed by atoms with Crippen molar-refractivity contribution in [3.05, 3.63) is 55.5 Å². The number of rotatable bonds is 8. The normalized spacial score (nSPS) is 11.0. The van der Waals surface area contributed by atoms with Gasteiger partial charge >= 0.3 is 5.69 Å². The highest BCUT2D eigenvalue weighted by molar-refractivity contribution is 7.17. The van der Waals surface area contributed by atoms with Crippen LogP contribution in [0.15, 0.2) is 39.2 Å². The van der Waals surface area contributed by atoms with Gasteiger partial charge in [-0.05, 0) is 36.1 Å². The van der Waals surface area contributed by atoms with E-state index in [9.17, 15) is 14.4 Å². The van der Waals surface area contributed by atoms with Crippen LogP contribution in [0, 0.1) is 0 Å². The molecule has 154 valence electrons. The topological polar surface area (TPSA) is 91.6 Å². The Balaban J connectivity index is 1.90. The first-order chi connectivity index (χ1) is 14.0. The molecule has 0 saturated carbocycles. The van der Waals surface area contributed by atoms with Crippen molar-refractivity contribution in [3.8, 4) is 5.75 Å². The van der Waals surface area contributed by atoms with E-state index in [4.69, 9.17) is 21.1 Å². The molecule has 29 heavy (non-hydrogen) atoms. The van der Waals surface area contributed by atoms with Crippen molar-refractivity contribution >= 4 is 44.7 Å². The smallest absolute Gasteiger partial charge is 0.332 e. The number of carbonyl (C=O) groups is 1. The summed E-state index contributed by atoms with van der Waals surface area (Å²) in [6.07, 6.45) is 0.513. The third-order valence-electron chi connectivity index (χ3n) is 4.30. The number of fused-ring (bicyclic) bond motifs is 1. The predicted molar refractivity (Wildman–Crippen MR) is 113 cm³/mol. The van der Waals surface area contributed by atoms with Crippen molar-refractivity contribution < 1.29 is 14.3 Å². The Kier molecular flexibility index (Phi) is 6.73. The first kappa shape index (κ1) is 21.1. The highest BCUT2D eigenvalue weighted by Gasteiger charge is 2.16. The van der Waals surface area contributed by atoms with Crippen molar-refractivity contribution in [2.24, 2.45) is 0 Å². The van der Waals surface area contributed by atoms with Gasteiger partial charge < -0.3 is 14.8 Å². The van der Waals surface area contributed by atoms with Crippen LogP contribution in [0.3, 0.4) is 0 Å². The Morgan fingerprint density at radius 1 is 1.21 bits per heavy atom. The molecule has 0 radical (unpaired) electrons. The molecule has 0 bridgehead atoms. The summed E-state index contributed by atoms with van der Waals surface area (Å²) in [5.41, 5.74) is 0.0364. The summed E-state index contributed by atoms with van der Waals surface area (Å²) in [7, 11) is 3.05. The summed E-state index contributed by atoms with van der Waals surface area (Å²) in [5, 5.41) is 4.79. The average Bonchev–Trinajstić information content (AvgIpc) is 3.18. The van der Waals surface area contributed by atoms with Crippen LogP contribution in [0.25, 0.3) is 10.2 Å². The Labute approximate surface area is 175 Å². The third-order valence-corrected chi connectivity index (χ3v) is 5.49. The van der Waals surface area contributed by atoms with Crippen LogP contribution in [0.1, 0.15) is 6.42 Å². The minimum atomic E-state index is -0.528. The van der Waals surface area contributed by atoms with Crippen LogP contribution < -0.4 is 21.3 Å². The maximum Gasteiger partial charge on any atom is 0.332 e. The van der Waals surface area contributed by atoms with Gasteiger partial charge in [0.1, 0.15) is 17.0 Å². The molecule has 0 aliphatic rings. The minimum absolute atomic E-state index is 0.217. The SMILES string of the molecule is COCCCn1c(=O)c2sccc2n(CC(=O)Nc2ccc(OC)c(Cl)c2)c1=O. The van der Waals surface area contributed by atoms with Gasteiger partial charge in [-0.2, -0.15) is 0 Å². The van der Waals surface area contributed by atoms with Gasteiger partial charge in [-0.15, -0.1) is 11.3 Å². The summed E-state index contributed by atoms with van der Waals surface area (Å²) < 4.78 is 13.0. The van der Waals surface area contributed by atoms with Gasteiger partial charge in [0.2, 0.25) is 5.91 Å². The average molecular weight is 438 g/mol. The van der Waals surface area contributed by atoms with Crippen LogP contribution in [0.2, 0.25) is 5.02 Å². The second-order valence-electron chi connectivity index (χ2n) is 6.20. The Hall–Kier alpha value is -2.62. The number of thiophene rings is 1. The standard InChI is InChI=1S/C19H20ClN3O5S/c1-27-8-3-7-22-18(25)17-14(6-9-29-17)23(19(22)26)11-16(24)21-12-4-5-15(28-2)13(20)10-12/h4-6,9-10H,3,7-8,11H2,1-2H3,(H,21,24). The van der Waals surface area contributed by atoms with Gasteiger partial charge in [-0.25, -0.2) is 4.79 Å². The molecule has 1 N–H and O–H groups in total. The van der Waals surface area contributed by atoms with Gasteiger partial charge in [0.05, 0.1) is 17.6 Å². The van der Waals surface area contributed by atoms with E-state index in [1.54, 1.807) is 36.8 Å². The lowest BCUT2D eigenvalue weighted by Gasteiger charge is -2.13. The number of hydrogen-bond acceptors (Lipinski definition) is 6. The molecule has 8 nitrogen and oxygen atoms in total. The molecule has 0 saturated heterocycles. The van der Waals surface area contributed by atoms with E-state index in [0.29, 0.717) is 39.7 Å². The summed E-state index contributed by atoms with van der Waals surface area (Å²) in [5.74, 6) is 0.0759.